The fraction of sp³-hybridized carbons (Fsp3) is 0.941. The van der Waals surface area contributed by atoms with Crippen LogP contribution >= 0.6 is 12.4 Å². The first-order valence-corrected chi connectivity index (χ1v) is 8.53. The van der Waals surface area contributed by atoms with E-state index in [0.717, 1.165) is 25.4 Å². The van der Waals surface area contributed by atoms with Crippen molar-refractivity contribution in [3.63, 3.8) is 0 Å². The third kappa shape index (κ3) is 4.84. The van der Waals surface area contributed by atoms with E-state index in [1.54, 1.807) is 0 Å². The molecule has 0 aromatic heterocycles. The molecule has 0 bridgehead atoms. The molecule has 5 heteroatoms. The second-order valence-electron chi connectivity index (χ2n) is 8.01. The van der Waals surface area contributed by atoms with Crippen molar-refractivity contribution >= 4 is 18.3 Å². The molecule has 0 spiro atoms. The summed E-state index contributed by atoms with van der Waals surface area (Å²) in [7, 11) is 1.99. The minimum atomic E-state index is 0. The summed E-state index contributed by atoms with van der Waals surface area (Å²) in [5.41, 5.74) is 6.28. The highest BCUT2D eigenvalue weighted by molar-refractivity contribution is 5.85. The first-order chi connectivity index (χ1) is 9.79. The van der Waals surface area contributed by atoms with E-state index in [4.69, 9.17) is 5.73 Å². The van der Waals surface area contributed by atoms with Crippen molar-refractivity contribution in [2.24, 2.45) is 17.1 Å². The quantitative estimate of drug-likeness (QED) is 0.864. The van der Waals surface area contributed by atoms with Gasteiger partial charge in [0, 0.05) is 32.2 Å². The number of hydrogen-bond donors (Lipinski definition) is 1. The summed E-state index contributed by atoms with van der Waals surface area (Å²) in [6.07, 6.45) is 5.84. The van der Waals surface area contributed by atoms with Crippen LogP contribution in [0.5, 0.6) is 0 Å². The van der Waals surface area contributed by atoms with E-state index < -0.39 is 0 Å². The first kappa shape index (κ1) is 19.7. The lowest BCUT2D eigenvalue weighted by molar-refractivity contribution is -0.134. The first-order valence-electron chi connectivity index (χ1n) is 8.53. The van der Waals surface area contributed by atoms with Gasteiger partial charge in [-0.05, 0) is 43.4 Å². The zero-order chi connectivity index (χ0) is 15.6. The average Bonchev–Trinajstić information content (AvgIpc) is 2.42. The van der Waals surface area contributed by atoms with Gasteiger partial charge in [0.2, 0.25) is 5.91 Å². The minimum Gasteiger partial charge on any atom is -0.342 e. The van der Waals surface area contributed by atoms with Gasteiger partial charge >= 0.3 is 0 Å². The zero-order valence-electron chi connectivity index (χ0n) is 14.7. The minimum absolute atomic E-state index is 0. The Labute approximate surface area is 142 Å². The highest BCUT2D eigenvalue weighted by atomic mass is 35.5. The summed E-state index contributed by atoms with van der Waals surface area (Å²) < 4.78 is 0. The highest BCUT2D eigenvalue weighted by Crippen LogP contribution is 2.29. The summed E-state index contributed by atoms with van der Waals surface area (Å²) in [5.74, 6) is 1.11. The van der Waals surface area contributed by atoms with Crippen LogP contribution in [0.2, 0.25) is 0 Å². The van der Waals surface area contributed by atoms with E-state index in [1.165, 1.54) is 25.7 Å². The Balaban J connectivity index is 0.00000242. The highest BCUT2D eigenvalue weighted by Gasteiger charge is 2.34. The van der Waals surface area contributed by atoms with E-state index in [9.17, 15) is 4.79 Å². The Bertz CT molecular complexity index is 367. The topological polar surface area (TPSA) is 49.6 Å². The molecule has 1 aliphatic carbocycles. The lowest BCUT2D eigenvalue weighted by atomic mass is 9.80. The van der Waals surface area contributed by atoms with Gasteiger partial charge in [0.15, 0.2) is 0 Å². The second-order valence-corrected chi connectivity index (χ2v) is 8.01. The van der Waals surface area contributed by atoms with Crippen molar-refractivity contribution < 1.29 is 4.79 Å². The number of piperidine rings is 1. The molecule has 1 aliphatic heterocycles. The molecule has 0 aromatic carbocycles. The molecule has 2 fully saturated rings. The smallest absolute Gasteiger partial charge is 0.236 e. The summed E-state index contributed by atoms with van der Waals surface area (Å²) in [6.45, 7) is 9.16. The Morgan fingerprint density at radius 2 is 1.82 bits per heavy atom. The molecule has 4 nitrogen and oxygen atoms in total. The zero-order valence-corrected chi connectivity index (χ0v) is 15.5. The summed E-state index contributed by atoms with van der Waals surface area (Å²) in [6, 6.07) is 0.704. The number of nitrogens with zero attached hydrogens (tertiary/aromatic N) is 2. The van der Waals surface area contributed by atoms with Crippen LogP contribution in [0.25, 0.3) is 0 Å². The molecule has 1 saturated heterocycles. The number of carbonyl (C=O) groups excluding carboxylic acids is 1. The predicted molar refractivity (Wildman–Crippen MR) is 94.3 cm³/mol. The Kier molecular flexibility index (Phi) is 7.16. The van der Waals surface area contributed by atoms with Gasteiger partial charge in [0.25, 0.3) is 0 Å². The fourth-order valence-corrected chi connectivity index (χ4v) is 3.76. The van der Waals surface area contributed by atoms with E-state index in [1.807, 2.05) is 11.9 Å². The van der Waals surface area contributed by atoms with Gasteiger partial charge in [-0.1, -0.05) is 20.8 Å². The van der Waals surface area contributed by atoms with Crippen LogP contribution < -0.4 is 5.73 Å². The van der Waals surface area contributed by atoms with Crippen molar-refractivity contribution in [2.45, 2.75) is 65.0 Å². The van der Waals surface area contributed by atoms with Crippen LogP contribution in [0.1, 0.15) is 52.9 Å². The van der Waals surface area contributed by atoms with Gasteiger partial charge < -0.3 is 10.6 Å². The molecule has 0 aromatic rings. The number of carbonyl (C=O) groups is 1. The molecule has 1 atom stereocenters. The number of likely N-dealkylation sites (N-methyl/N-ethyl adjacent to an activating group) is 1. The maximum absolute atomic E-state index is 12.5. The van der Waals surface area contributed by atoms with Crippen molar-refractivity contribution in [1.29, 1.82) is 0 Å². The molecule has 1 unspecified atom stereocenters. The standard InChI is InChI=1S/C17H33N3O.ClH/c1-13-5-7-14(8-6-13)19(4)16(21)11-20-10-9-15(18)17(2,3)12-20;/h13-15H,5-12,18H2,1-4H3;1H. The molecule has 1 heterocycles. The average molecular weight is 332 g/mol. The van der Waals surface area contributed by atoms with E-state index in [0.29, 0.717) is 12.6 Å². The number of nitrogens with two attached hydrogens (primary N) is 1. The second kappa shape index (κ2) is 7.98. The van der Waals surface area contributed by atoms with Crippen LogP contribution in [-0.2, 0) is 4.79 Å². The predicted octanol–water partition coefficient (Wildman–Crippen LogP) is 2.50. The van der Waals surface area contributed by atoms with Crippen LogP contribution in [0.4, 0.5) is 0 Å². The molecule has 2 rings (SSSR count). The Morgan fingerprint density at radius 1 is 1.23 bits per heavy atom. The molecule has 1 amide bonds. The van der Waals surface area contributed by atoms with Crippen molar-refractivity contribution in [3.8, 4) is 0 Å². The number of likely N-dealkylation sites (tertiary alicyclic amines) is 1. The number of hydrogen-bond acceptors (Lipinski definition) is 3. The number of amides is 1. The van der Waals surface area contributed by atoms with Crippen molar-refractivity contribution in [2.75, 3.05) is 26.7 Å². The maximum Gasteiger partial charge on any atom is 0.236 e. The SMILES string of the molecule is CC1CCC(N(C)C(=O)CN2CCC(N)C(C)(C)C2)CC1.Cl. The molecular formula is C17H34ClN3O. The number of halogens is 1. The summed E-state index contributed by atoms with van der Waals surface area (Å²) >= 11 is 0. The van der Waals surface area contributed by atoms with Gasteiger partial charge in [0.05, 0.1) is 6.54 Å². The lowest BCUT2D eigenvalue weighted by Crippen LogP contribution is -2.55. The summed E-state index contributed by atoms with van der Waals surface area (Å²) in [5, 5.41) is 0. The van der Waals surface area contributed by atoms with Gasteiger partial charge in [-0.25, -0.2) is 0 Å². The normalized spacial score (nSPS) is 32.1. The Hall–Kier alpha value is -0.320. The van der Waals surface area contributed by atoms with Gasteiger partial charge in [-0.2, -0.15) is 0 Å². The molecule has 0 radical (unpaired) electrons. The van der Waals surface area contributed by atoms with Crippen molar-refractivity contribution in [3.05, 3.63) is 0 Å². The fourth-order valence-electron chi connectivity index (χ4n) is 3.76. The lowest BCUT2D eigenvalue weighted by Gasteiger charge is -2.43. The van der Waals surface area contributed by atoms with Crippen LogP contribution in [0.3, 0.4) is 0 Å². The molecule has 1 saturated carbocycles. The third-order valence-corrected chi connectivity index (χ3v) is 5.68. The van der Waals surface area contributed by atoms with Gasteiger partial charge in [0.1, 0.15) is 0 Å². The van der Waals surface area contributed by atoms with Gasteiger partial charge in [-0.15, -0.1) is 12.4 Å². The van der Waals surface area contributed by atoms with E-state index in [2.05, 4.69) is 25.7 Å². The molecule has 130 valence electrons. The molecule has 22 heavy (non-hydrogen) atoms. The van der Waals surface area contributed by atoms with Crippen LogP contribution in [-0.4, -0.2) is 54.5 Å². The summed E-state index contributed by atoms with van der Waals surface area (Å²) in [4.78, 5) is 16.8. The van der Waals surface area contributed by atoms with Crippen LogP contribution in [0.15, 0.2) is 0 Å². The molecule has 2 N–H and O–H groups in total. The van der Waals surface area contributed by atoms with Gasteiger partial charge in [-0.3, -0.25) is 9.69 Å². The monoisotopic (exact) mass is 331 g/mol. The van der Waals surface area contributed by atoms with Crippen molar-refractivity contribution in [1.82, 2.24) is 9.80 Å². The van der Waals surface area contributed by atoms with E-state index in [-0.39, 0.29) is 29.8 Å². The maximum atomic E-state index is 12.5. The largest absolute Gasteiger partial charge is 0.342 e. The molecule has 2 aliphatic rings. The van der Waals surface area contributed by atoms with E-state index >= 15 is 0 Å². The number of rotatable bonds is 3. The third-order valence-electron chi connectivity index (χ3n) is 5.68. The molecular weight excluding hydrogens is 298 g/mol. The Morgan fingerprint density at radius 3 is 2.36 bits per heavy atom. The van der Waals surface area contributed by atoms with Crippen LogP contribution in [0, 0.1) is 11.3 Å².